The maximum Gasteiger partial charge on any atom is 0.245 e. The first-order chi connectivity index (χ1) is 26.4. The number of nitrogens with one attached hydrogen (secondary N) is 9. The molecular weight excluding hydrogens is 732 g/mol. The van der Waals surface area contributed by atoms with E-state index in [0.29, 0.717) is 6.42 Å². The molecule has 6 atom stereocenters. The van der Waals surface area contributed by atoms with Gasteiger partial charge in [0.2, 0.25) is 47.3 Å². The average Bonchev–Trinajstić information content (AvgIpc) is 3.13. The fourth-order valence-corrected chi connectivity index (χ4v) is 5.11. The second-order valence-corrected chi connectivity index (χ2v) is 13.5. The molecule has 0 heterocycles. The predicted octanol–water partition coefficient (Wildman–Crippen LogP) is -4.84. The second-order valence-electron chi connectivity index (χ2n) is 13.5. The third kappa shape index (κ3) is 21.3. The zero-order chi connectivity index (χ0) is 42.8. The van der Waals surface area contributed by atoms with Crippen LogP contribution in [0.3, 0.4) is 0 Å². The molecule has 56 heavy (non-hydrogen) atoms. The summed E-state index contributed by atoms with van der Waals surface area (Å²) in [7, 11) is 0. The van der Waals surface area contributed by atoms with E-state index in [1.54, 1.807) is 6.92 Å². The first-order valence-corrected chi connectivity index (χ1v) is 19.0. The second kappa shape index (κ2) is 28.5. The Morgan fingerprint density at radius 3 is 1.48 bits per heavy atom. The fraction of sp³-hybridized carbons (Fsp3) is 0.714. The van der Waals surface area contributed by atoms with E-state index >= 15 is 0 Å². The van der Waals surface area contributed by atoms with E-state index in [1.165, 1.54) is 6.92 Å². The number of rotatable bonds is 29. The van der Waals surface area contributed by atoms with Crippen LogP contribution in [0, 0.1) is 5.92 Å². The molecule has 0 bridgehead atoms. The van der Waals surface area contributed by atoms with Crippen LogP contribution >= 0.6 is 0 Å². The zero-order valence-corrected chi connectivity index (χ0v) is 33.4. The van der Waals surface area contributed by atoms with Crippen molar-refractivity contribution < 1.29 is 43.5 Å². The number of hydrogen-bond donors (Lipinski definition) is 13. The molecule has 0 aromatic carbocycles. The van der Waals surface area contributed by atoms with Gasteiger partial charge in [-0.15, -0.1) is 0 Å². The van der Waals surface area contributed by atoms with Crippen molar-refractivity contribution in [3.05, 3.63) is 12.3 Å². The normalized spacial score (nSPS) is 14.0. The van der Waals surface area contributed by atoms with Crippen molar-refractivity contribution in [2.24, 2.45) is 23.1 Å². The Bertz CT molecular complexity index is 1310. The van der Waals surface area contributed by atoms with E-state index in [9.17, 15) is 43.5 Å². The van der Waals surface area contributed by atoms with E-state index in [-0.39, 0.29) is 95.4 Å². The van der Waals surface area contributed by atoms with Crippen molar-refractivity contribution in [2.45, 2.75) is 109 Å². The van der Waals surface area contributed by atoms with Crippen molar-refractivity contribution in [3.63, 3.8) is 0 Å². The monoisotopic (exact) mass is 799 g/mol. The van der Waals surface area contributed by atoms with Gasteiger partial charge in [-0.3, -0.25) is 38.4 Å². The van der Waals surface area contributed by atoms with E-state index < -0.39 is 77.7 Å². The lowest BCUT2D eigenvalue weighted by Gasteiger charge is -2.27. The number of aliphatic hydroxyl groups is 1. The van der Waals surface area contributed by atoms with Gasteiger partial charge in [0.05, 0.1) is 31.8 Å². The summed E-state index contributed by atoms with van der Waals surface area (Å²) >= 11 is 0. The molecule has 0 aliphatic carbocycles. The van der Waals surface area contributed by atoms with Crippen molar-refractivity contribution >= 4 is 47.3 Å². The van der Waals surface area contributed by atoms with E-state index in [2.05, 4.69) is 54.4 Å². The van der Waals surface area contributed by atoms with Gasteiger partial charge in [0.15, 0.2) is 0 Å². The number of carbonyl (C=O) groups excluding carboxylic acids is 8. The number of amides is 8. The van der Waals surface area contributed by atoms with Gasteiger partial charge in [0, 0.05) is 18.7 Å². The van der Waals surface area contributed by atoms with Crippen molar-refractivity contribution in [1.82, 2.24) is 47.9 Å². The van der Waals surface area contributed by atoms with Crippen LogP contribution in [0.1, 0.15) is 73.1 Å². The molecule has 21 heteroatoms. The van der Waals surface area contributed by atoms with Gasteiger partial charge in [-0.1, -0.05) is 27.4 Å². The van der Waals surface area contributed by atoms with Crippen LogP contribution < -0.4 is 65.1 Å². The first kappa shape index (κ1) is 51.1. The standard InChI is InChI=1S/C35H66N12O9/c1-7-9-27(49)41-17-28(50)42-19-30(52)43-23(10-13-36)21(5)40-18-29(51)44-26(16-20(3)4)34(55)46-24(11-14-37)32(53)45-25(12-15-38)33(54)47-31(22(6)48)35(56)39-8-2/h20,22-26,31,40,48H,5,7-19,36-38H2,1-4,6H3,(H,39,56)(H,41,49)(H,42,50)(H,43,52)(H,44,51)(H,45,53)(H,46,55)(H,47,54). The minimum atomic E-state index is -1.30. The van der Waals surface area contributed by atoms with E-state index in [0.717, 1.165) is 0 Å². The molecule has 0 aliphatic heterocycles. The Morgan fingerprint density at radius 1 is 0.554 bits per heavy atom. The molecule has 0 saturated heterocycles. The van der Waals surface area contributed by atoms with Gasteiger partial charge >= 0.3 is 0 Å². The van der Waals surface area contributed by atoms with Crippen molar-refractivity contribution in [3.8, 4) is 0 Å². The third-order valence-electron chi connectivity index (χ3n) is 8.01. The van der Waals surface area contributed by atoms with Crippen LogP contribution in [0.5, 0.6) is 0 Å². The highest BCUT2D eigenvalue weighted by Gasteiger charge is 2.32. The third-order valence-corrected chi connectivity index (χ3v) is 8.01. The molecule has 0 fully saturated rings. The van der Waals surface area contributed by atoms with Gasteiger partial charge in [-0.2, -0.15) is 0 Å². The Balaban J connectivity index is 5.52. The molecule has 320 valence electrons. The SMILES string of the molecule is C=C(NCC(=O)NC(CC(C)C)C(=O)NC(CCN)C(=O)NC(CCN)C(=O)NC(C(=O)NCC)C(C)O)C(CCN)NC(=O)CNC(=O)CNC(=O)CCC. The van der Waals surface area contributed by atoms with Crippen molar-refractivity contribution in [1.29, 1.82) is 0 Å². The van der Waals surface area contributed by atoms with Gasteiger partial charge in [0.25, 0.3) is 0 Å². The van der Waals surface area contributed by atoms with Crippen LogP contribution in [0.2, 0.25) is 0 Å². The molecule has 21 nitrogen and oxygen atoms in total. The molecule has 0 aliphatic rings. The van der Waals surface area contributed by atoms with Crippen LogP contribution in [0.15, 0.2) is 12.3 Å². The Morgan fingerprint density at radius 2 is 1.00 bits per heavy atom. The maximum atomic E-state index is 13.5. The van der Waals surface area contributed by atoms with Gasteiger partial charge in [-0.05, 0) is 71.5 Å². The van der Waals surface area contributed by atoms with Gasteiger partial charge in [0.1, 0.15) is 24.2 Å². The molecule has 0 saturated carbocycles. The molecule has 8 amide bonds. The van der Waals surface area contributed by atoms with Crippen LogP contribution in [-0.2, 0) is 38.4 Å². The summed E-state index contributed by atoms with van der Waals surface area (Å²) in [6.07, 6.45) is 0.0290. The average molecular weight is 799 g/mol. The molecule has 16 N–H and O–H groups in total. The minimum Gasteiger partial charge on any atom is -0.391 e. The number of carbonyl (C=O) groups is 8. The van der Waals surface area contributed by atoms with Crippen LogP contribution in [0.4, 0.5) is 0 Å². The minimum absolute atomic E-state index is 0.0193. The largest absolute Gasteiger partial charge is 0.391 e. The summed E-state index contributed by atoms with van der Waals surface area (Å²) in [5, 5.41) is 33.2. The molecule has 0 radical (unpaired) electrons. The summed E-state index contributed by atoms with van der Waals surface area (Å²) in [5.74, 6) is -4.92. The maximum absolute atomic E-state index is 13.5. The number of likely N-dealkylation sites (N-methyl/N-ethyl adjacent to an activating group) is 1. The van der Waals surface area contributed by atoms with Gasteiger partial charge < -0.3 is 70.2 Å². The molecule has 0 rings (SSSR count). The molecule has 0 aromatic rings. The lowest BCUT2D eigenvalue weighted by molar-refractivity contribution is -0.135. The fourth-order valence-electron chi connectivity index (χ4n) is 5.11. The van der Waals surface area contributed by atoms with Crippen molar-refractivity contribution in [2.75, 3.05) is 45.8 Å². The topological polar surface area (TPSA) is 343 Å². The zero-order valence-electron chi connectivity index (χ0n) is 33.4. The molecular formula is C35H66N12O9. The smallest absolute Gasteiger partial charge is 0.245 e. The molecule has 0 spiro atoms. The highest BCUT2D eigenvalue weighted by molar-refractivity contribution is 5.96. The lowest BCUT2D eigenvalue weighted by Crippen LogP contribution is -2.60. The van der Waals surface area contributed by atoms with Gasteiger partial charge in [-0.25, -0.2) is 0 Å². The number of nitrogens with two attached hydrogens (primary N) is 3. The van der Waals surface area contributed by atoms with Crippen LogP contribution in [0.25, 0.3) is 0 Å². The Hall–Kier alpha value is -4.86. The van der Waals surface area contributed by atoms with E-state index in [1.807, 2.05) is 20.8 Å². The lowest BCUT2D eigenvalue weighted by atomic mass is 10.0. The number of hydrogen-bond acceptors (Lipinski definition) is 13. The number of aliphatic hydroxyl groups excluding tert-OH is 1. The Kier molecular flexibility index (Phi) is 26.1. The summed E-state index contributed by atoms with van der Waals surface area (Å²) in [4.78, 5) is 101. The Labute approximate surface area is 329 Å². The predicted molar refractivity (Wildman–Crippen MR) is 209 cm³/mol. The highest BCUT2D eigenvalue weighted by Crippen LogP contribution is 2.07. The molecule has 0 aromatic heterocycles. The summed E-state index contributed by atoms with van der Waals surface area (Å²) in [6, 6.07) is -5.54. The summed E-state index contributed by atoms with van der Waals surface area (Å²) in [6.45, 7) is 11.7. The quantitative estimate of drug-likeness (QED) is 0.0338. The molecule has 6 unspecified atom stereocenters. The first-order valence-electron chi connectivity index (χ1n) is 19.0. The highest BCUT2D eigenvalue weighted by atomic mass is 16.3. The summed E-state index contributed by atoms with van der Waals surface area (Å²) < 4.78 is 0. The van der Waals surface area contributed by atoms with Crippen LogP contribution in [-0.4, -0.2) is 134 Å². The van der Waals surface area contributed by atoms with E-state index in [4.69, 9.17) is 17.2 Å². The summed E-state index contributed by atoms with van der Waals surface area (Å²) in [5.41, 5.74) is 17.4.